The predicted octanol–water partition coefficient (Wildman–Crippen LogP) is 1.56. The lowest BCUT2D eigenvalue weighted by Crippen LogP contribution is -2.53. The lowest BCUT2D eigenvalue weighted by molar-refractivity contribution is -0.143. The number of amides is 4. The third-order valence-corrected chi connectivity index (χ3v) is 8.06. The van der Waals surface area contributed by atoms with Gasteiger partial charge in [0.15, 0.2) is 11.5 Å². The van der Waals surface area contributed by atoms with Crippen LogP contribution in [-0.4, -0.2) is 41.4 Å². The molecule has 4 amide bonds. The van der Waals surface area contributed by atoms with Crippen molar-refractivity contribution >= 4 is 40.9 Å². The summed E-state index contributed by atoms with van der Waals surface area (Å²) in [7, 11) is 0. The highest BCUT2D eigenvalue weighted by Gasteiger charge is 2.70. The molecule has 2 aromatic carbocycles. The molecule has 0 bridgehead atoms. The summed E-state index contributed by atoms with van der Waals surface area (Å²) in [6, 6.07) is 8.02. The molecule has 4 atom stereocenters. The quantitative estimate of drug-likeness (QED) is 0.518. The van der Waals surface area contributed by atoms with Crippen molar-refractivity contribution in [3.8, 4) is 11.5 Å². The van der Waals surface area contributed by atoms with Crippen LogP contribution >= 0.6 is 11.6 Å². The van der Waals surface area contributed by atoms with Gasteiger partial charge in [0.05, 0.1) is 24.1 Å². The summed E-state index contributed by atoms with van der Waals surface area (Å²) in [4.78, 5) is 53.9. The summed E-state index contributed by atoms with van der Waals surface area (Å²) in [6.45, 7) is 1.91. The third-order valence-electron chi connectivity index (χ3n) is 7.66. The van der Waals surface area contributed by atoms with Crippen LogP contribution in [0.4, 0.5) is 5.69 Å². The highest BCUT2D eigenvalue weighted by molar-refractivity contribution is 6.32. The Morgan fingerprint density at radius 2 is 1.94 bits per heavy atom. The van der Waals surface area contributed by atoms with Gasteiger partial charge in [-0.2, -0.15) is 0 Å². The van der Waals surface area contributed by atoms with Crippen molar-refractivity contribution in [3.05, 3.63) is 52.0 Å². The number of nitrogens with zero attached hydrogens (tertiary/aromatic N) is 1. The SMILES string of the molecule is Cc1c(Cl)ccc2c1NC(=O)[C@@]21N[C@H](CCC(N)=O)[C@H]2C(=O)N(Cc3ccc4c(c3)OCO4)C(=O)[C@H]21. The number of ether oxygens (including phenoxy) is 2. The Balaban J connectivity index is 1.41. The normalized spacial score (nSPS) is 27.6. The molecular formula is C25H23ClN4O6. The second kappa shape index (κ2) is 7.94. The van der Waals surface area contributed by atoms with Crippen molar-refractivity contribution in [2.75, 3.05) is 12.1 Å². The van der Waals surface area contributed by atoms with Gasteiger partial charge in [-0.1, -0.05) is 23.7 Å². The number of nitrogens with one attached hydrogen (secondary N) is 2. The summed E-state index contributed by atoms with van der Waals surface area (Å²) >= 11 is 6.29. The fourth-order valence-corrected chi connectivity index (χ4v) is 6.13. The smallest absolute Gasteiger partial charge is 0.250 e. The predicted molar refractivity (Wildman–Crippen MR) is 127 cm³/mol. The van der Waals surface area contributed by atoms with E-state index in [1.165, 1.54) is 4.90 Å². The number of primary amides is 1. The minimum atomic E-state index is -1.46. The molecule has 4 N–H and O–H groups in total. The largest absolute Gasteiger partial charge is 0.454 e. The van der Waals surface area contributed by atoms with Crippen molar-refractivity contribution in [2.45, 2.75) is 37.9 Å². The number of halogens is 1. The monoisotopic (exact) mass is 510 g/mol. The first-order valence-electron chi connectivity index (χ1n) is 11.6. The van der Waals surface area contributed by atoms with Crippen LogP contribution in [0.25, 0.3) is 0 Å². The number of hydrogen-bond donors (Lipinski definition) is 3. The van der Waals surface area contributed by atoms with Crippen LogP contribution in [0.2, 0.25) is 5.02 Å². The second-order valence-electron chi connectivity index (χ2n) is 9.57. The molecule has 2 saturated heterocycles. The van der Waals surface area contributed by atoms with E-state index in [0.29, 0.717) is 38.9 Å². The summed E-state index contributed by atoms with van der Waals surface area (Å²) in [5.74, 6) is -2.48. The molecule has 1 spiro atoms. The molecule has 186 valence electrons. The maximum Gasteiger partial charge on any atom is 0.250 e. The van der Waals surface area contributed by atoms with Crippen molar-refractivity contribution in [3.63, 3.8) is 0 Å². The Morgan fingerprint density at radius 1 is 1.17 bits per heavy atom. The molecule has 4 heterocycles. The average Bonchev–Trinajstić information content (AvgIpc) is 3.57. The van der Waals surface area contributed by atoms with E-state index in [-0.39, 0.29) is 26.2 Å². The number of rotatable bonds is 5. The number of anilines is 1. The van der Waals surface area contributed by atoms with E-state index >= 15 is 0 Å². The number of imide groups is 1. The lowest BCUT2D eigenvalue weighted by atomic mass is 9.76. The maximum atomic E-state index is 13.9. The minimum absolute atomic E-state index is 0.00865. The highest BCUT2D eigenvalue weighted by atomic mass is 35.5. The molecule has 2 aromatic rings. The number of nitrogens with two attached hydrogens (primary N) is 1. The Bertz CT molecular complexity index is 1360. The van der Waals surface area contributed by atoms with Crippen LogP contribution in [0.15, 0.2) is 30.3 Å². The molecule has 0 aromatic heterocycles. The Kier molecular flexibility index (Phi) is 5.03. The summed E-state index contributed by atoms with van der Waals surface area (Å²) in [6.07, 6.45) is 0.221. The number of hydrogen-bond acceptors (Lipinski definition) is 7. The average molecular weight is 511 g/mol. The van der Waals surface area contributed by atoms with Crippen molar-refractivity contribution < 1.29 is 28.7 Å². The fraction of sp³-hybridized carbons (Fsp3) is 0.360. The highest BCUT2D eigenvalue weighted by Crippen LogP contribution is 2.54. The molecule has 11 heteroatoms. The molecular weight excluding hydrogens is 488 g/mol. The van der Waals surface area contributed by atoms with Gasteiger partial charge < -0.3 is 20.5 Å². The number of carbonyl (C=O) groups is 4. The molecule has 10 nitrogen and oxygen atoms in total. The van der Waals surface area contributed by atoms with Gasteiger partial charge in [0.25, 0.3) is 0 Å². The van der Waals surface area contributed by atoms with Gasteiger partial charge in [-0.05, 0) is 42.7 Å². The first-order chi connectivity index (χ1) is 17.2. The van der Waals surface area contributed by atoms with Gasteiger partial charge >= 0.3 is 0 Å². The van der Waals surface area contributed by atoms with Gasteiger partial charge in [-0.15, -0.1) is 0 Å². The molecule has 36 heavy (non-hydrogen) atoms. The first kappa shape index (κ1) is 22.8. The molecule has 0 aliphatic carbocycles. The molecule has 0 unspecified atom stereocenters. The van der Waals surface area contributed by atoms with Gasteiger partial charge in [0, 0.05) is 23.0 Å². The zero-order valence-electron chi connectivity index (χ0n) is 19.3. The van der Waals surface area contributed by atoms with Crippen LogP contribution in [0.1, 0.15) is 29.5 Å². The van der Waals surface area contributed by atoms with E-state index in [4.69, 9.17) is 26.8 Å². The second-order valence-corrected chi connectivity index (χ2v) is 9.97. The summed E-state index contributed by atoms with van der Waals surface area (Å²) in [5, 5.41) is 6.64. The molecule has 4 aliphatic rings. The van der Waals surface area contributed by atoms with E-state index in [1.807, 2.05) is 0 Å². The number of benzene rings is 2. The fourth-order valence-electron chi connectivity index (χ4n) is 5.97. The van der Waals surface area contributed by atoms with Gasteiger partial charge in [0.2, 0.25) is 30.4 Å². The van der Waals surface area contributed by atoms with Crippen LogP contribution in [-0.2, 0) is 31.3 Å². The lowest BCUT2D eigenvalue weighted by Gasteiger charge is -2.29. The third kappa shape index (κ3) is 3.07. The van der Waals surface area contributed by atoms with Gasteiger partial charge in [-0.3, -0.25) is 29.4 Å². The topological polar surface area (TPSA) is 140 Å². The van der Waals surface area contributed by atoms with E-state index in [0.717, 1.165) is 0 Å². The molecule has 6 rings (SSSR count). The van der Waals surface area contributed by atoms with Crippen LogP contribution in [0, 0.1) is 18.8 Å². The Labute approximate surface area is 211 Å². The van der Waals surface area contributed by atoms with E-state index in [1.54, 1.807) is 37.3 Å². The number of likely N-dealkylation sites (tertiary alicyclic amines) is 1. The first-order valence-corrected chi connectivity index (χ1v) is 12.0. The van der Waals surface area contributed by atoms with Crippen LogP contribution < -0.4 is 25.8 Å². The minimum Gasteiger partial charge on any atom is -0.454 e. The van der Waals surface area contributed by atoms with Crippen LogP contribution in [0.3, 0.4) is 0 Å². The summed E-state index contributed by atoms with van der Waals surface area (Å²) < 4.78 is 10.8. The van der Waals surface area contributed by atoms with E-state index in [2.05, 4.69) is 10.6 Å². The molecule has 4 aliphatic heterocycles. The Morgan fingerprint density at radius 3 is 2.72 bits per heavy atom. The molecule has 0 saturated carbocycles. The van der Waals surface area contributed by atoms with Crippen molar-refractivity contribution in [1.29, 1.82) is 0 Å². The zero-order chi connectivity index (χ0) is 25.4. The maximum absolute atomic E-state index is 13.9. The van der Waals surface area contributed by atoms with Crippen molar-refractivity contribution in [2.24, 2.45) is 17.6 Å². The number of fused-ring (bicyclic) bond motifs is 5. The molecule has 0 radical (unpaired) electrons. The van der Waals surface area contributed by atoms with E-state index in [9.17, 15) is 19.2 Å². The zero-order valence-corrected chi connectivity index (χ0v) is 20.1. The Hall–Kier alpha value is -3.63. The molecule has 2 fully saturated rings. The van der Waals surface area contributed by atoms with Gasteiger partial charge in [-0.25, -0.2) is 0 Å². The van der Waals surface area contributed by atoms with Gasteiger partial charge in [0.1, 0.15) is 5.54 Å². The van der Waals surface area contributed by atoms with Crippen molar-refractivity contribution in [1.82, 2.24) is 10.2 Å². The van der Waals surface area contributed by atoms with E-state index < -0.39 is 47.0 Å². The number of carbonyl (C=O) groups excluding carboxylic acids is 4. The van der Waals surface area contributed by atoms with Crippen LogP contribution in [0.5, 0.6) is 11.5 Å². The standard InChI is InChI=1S/C25H23ClN4O6/c1-11-14(26)4-3-13-21(11)28-24(34)25(13)20-19(15(29-25)5-7-18(27)31)22(32)30(23(20)33)9-12-2-6-16-17(8-12)36-10-35-16/h2-4,6,8,15,19-20,29H,5,7,9-10H2,1H3,(H2,27,31)(H,28,34)/t15-,19-,20+,25-/m1/s1. The summed E-state index contributed by atoms with van der Waals surface area (Å²) in [5.41, 5.74) is 6.38.